The number of fused-ring (bicyclic) bond motifs is 1. The van der Waals surface area contributed by atoms with E-state index in [1.165, 1.54) is 0 Å². The minimum Gasteiger partial charge on any atom is -0.508 e. The fourth-order valence-electron chi connectivity index (χ4n) is 2.30. The minimum atomic E-state index is -0.116. The first-order chi connectivity index (χ1) is 7.60. The van der Waals surface area contributed by atoms with Gasteiger partial charge in [0, 0.05) is 13.1 Å². The Morgan fingerprint density at radius 3 is 2.69 bits per heavy atom. The van der Waals surface area contributed by atoms with Gasteiger partial charge in [-0.15, -0.1) is 0 Å². The Bertz CT molecular complexity index is 386. The predicted octanol–water partition coefficient (Wildman–Crippen LogP) is 2.78. The lowest BCUT2D eigenvalue weighted by atomic mass is 9.94. The van der Waals surface area contributed by atoms with Crippen LogP contribution in [0.5, 0.6) is 11.5 Å². The van der Waals surface area contributed by atoms with E-state index in [9.17, 15) is 5.11 Å². The van der Waals surface area contributed by atoms with E-state index in [-0.39, 0.29) is 11.4 Å². The number of likely N-dealkylation sites (N-methyl/N-ethyl adjacent to an activating group) is 1. The molecule has 1 aliphatic rings. The molecule has 1 N–H and O–H groups in total. The quantitative estimate of drug-likeness (QED) is 0.833. The summed E-state index contributed by atoms with van der Waals surface area (Å²) in [6.07, 6.45) is 1.95. The zero-order chi connectivity index (χ0) is 11.8. The molecule has 1 aliphatic heterocycles. The third-order valence-electron chi connectivity index (χ3n) is 3.50. The molecule has 1 aromatic carbocycles. The lowest BCUT2D eigenvalue weighted by Crippen LogP contribution is -2.49. The smallest absolute Gasteiger partial charge is 0.147 e. The third kappa shape index (κ3) is 1.70. The van der Waals surface area contributed by atoms with Gasteiger partial charge in [-0.3, -0.25) is 0 Å². The molecule has 0 spiro atoms. The number of phenols is 1. The van der Waals surface area contributed by atoms with Crippen molar-refractivity contribution in [3.63, 3.8) is 0 Å². The van der Waals surface area contributed by atoms with Crippen LogP contribution in [-0.4, -0.2) is 24.3 Å². The van der Waals surface area contributed by atoms with Crippen LogP contribution in [0.1, 0.15) is 26.7 Å². The Hall–Kier alpha value is -1.38. The number of nitrogens with zero attached hydrogens (tertiary/aromatic N) is 1. The van der Waals surface area contributed by atoms with Gasteiger partial charge >= 0.3 is 0 Å². The second-order valence-corrected chi connectivity index (χ2v) is 4.50. The Labute approximate surface area is 96.6 Å². The van der Waals surface area contributed by atoms with Crippen molar-refractivity contribution in [3.05, 3.63) is 18.2 Å². The van der Waals surface area contributed by atoms with E-state index in [1.54, 1.807) is 12.1 Å². The van der Waals surface area contributed by atoms with Gasteiger partial charge in [-0.25, -0.2) is 0 Å². The first-order valence-electron chi connectivity index (χ1n) is 5.83. The van der Waals surface area contributed by atoms with E-state index >= 15 is 0 Å². The summed E-state index contributed by atoms with van der Waals surface area (Å²) in [7, 11) is 2.07. The highest BCUT2D eigenvalue weighted by Gasteiger charge is 2.35. The molecule has 0 atom stereocenters. The maximum atomic E-state index is 9.49. The van der Waals surface area contributed by atoms with Gasteiger partial charge in [0.15, 0.2) is 0 Å². The van der Waals surface area contributed by atoms with Gasteiger partial charge in [0.05, 0.1) is 12.2 Å². The molecule has 0 aliphatic carbocycles. The molecule has 0 unspecified atom stereocenters. The standard InChI is InChI=1S/C13H19NO2/c1-4-13(5-2)9-14(3)11-7-6-10(15)8-12(11)16-13/h6-8,15H,4-5,9H2,1-3H3. The molecular formula is C13H19NO2. The second-order valence-electron chi connectivity index (χ2n) is 4.50. The Kier molecular flexibility index (Phi) is 2.70. The van der Waals surface area contributed by atoms with Gasteiger partial charge in [-0.1, -0.05) is 13.8 Å². The van der Waals surface area contributed by atoms with Crippen molar-refractivity contribution in [2.75, 3.05) is 18.5 Å². The number of hydrogen-bond acceptors (Lipinski definition) is 3. The maximum Gasteiger partial charge on any atom is 0.147 e. The van der Waals surface area contributed by atoms with Crippen LogP contribution in [-0.2, 0) is 0 Å². The zero-order valence-corrected chi connectivity index (χ0v) is 10.2. The molecule has 88 valence electrons. The van der Waals surface area contributed by atoms with E-state index in [0.717, 1.165) is 30.8 Å². The highest BCUT2D eigenvalue weighted by molar-refractivity contribution is 5.62. The summed E-state index contributed by atoms with van der Waals surface area (Å²) in [6, 6.07) is 5.30. The van der Waals surface area contributed by atoms with Crippen LogP contribution in [0.2, 0.25) is 0 Å². The molecule has 0 radical (unpaired) electrons. The average Bonchev–Trinajstić information content (AvgIpc) is 2.28. The van der Waals surface area contributed by atoms with Crippen molar-refractivity contribution in [1.29, 1.82) is 0 Å². The zero-order valence-electron chi connectivity index (χ0n) is 10.2. The van der Waals surface area contributed by atoms with Gasteiger partial charge in [0.2, 0.25) is 0 Å². The van der Waals surface area contributed by atoms with E-state index in [1.807, 2.05) is 6.07 Å². The summed E-state index contributed by atoms with van der Waals surface area (Å²) in [5.41, 5.74) is 0.936. The van der Waals surface area contributed by atoms with Crippen LogP contribution in [0.25, 0.3) is 0 Å². The molecular weight excluding hydrogens is 202 g/mol. The van der Waals surface area contributed by atoms with E-state index in [0.29, 0.717) is 0 Å². The molecule has 0 fully saturated rings. The normalized spacial score (nSPS) is 17.8. The summed E-state index contributed by atoms with van der Waals surface area (Å²) < 4.78 is 6.07. The third-order valence-corrected chi connectivity index (χ3v) is 3.50. The number of anilines is 1. The molecule has 0 saturated carbocycles. The largest absolute Gasteiger partial charge is 0.508 e. The minimum absolute atomic E-state index is 0.116. The van der Waals surface area contributed by atoms with Crippen molar-refractivity contribution in [2.24, 2.45) is 0 Å². The Balaban J connectivity index is 2.41. The van der Waals surface area contributed by atoms with Crippen LogP contribution < -0.4 is 9.64 Å². The molecule has 1 heterocycles. The molecule has 0 bridgehead atoms. The SMILES string of the molecule is CCC1(CC)CN(C)c2ccc(O)cc2O1. The first kappa shape index (κ1) is 11.1. The van der Waals surface area contributed by atoms with Gasteiger partial charge in [-0.2, -0.15) is 0 Å². The molecule has 2 rings (SSSR count). The summed E-state index contributed by atoms with van der Waals surface area (Å²) >= 11 is 0. The Morgan fingerprint density at radius 1 is 1.38 bits per heavy atom. The van der Waals surface area contributed by atoms with Crippen LogP contribution in [0.15, 0.2) is 18.2 Å². The molecule has 0 amide bonds. The monoisotopic (exact) mass is 221 g/mol. The summed E-state index contributed by atoms with van der Waals surface area (Å²) in [4.78, 5) is 2.20. The summed E-state index contributed by atoms with van der Waals surface area (Å²) in [5, 5.41) is 9.49. The van der Waals surface area contributed by atoms with Crippen molar-refractivity contribution in [2.45, 2.75) is 32.3 Å². The highest BCUT2D eigenvalue weighted by atomic mass is 16.5. The van der Waals surface area contributed by atoms with Crippen LogP contribution in [0.4, 0.5) is 5.69 Å². The molecule has 0 aromatic heterocycles. The van der Waals surface area contributed by atoms with Crippen molar-refractivity contribution in [1.82, 2.24) is 0 Å². The van der Waals surface area contributed by atoms with Gasteiger partial charge in [0.1, 0.15) is 17.1 Å². The number of ether oxygens (including phenoxy) is 1. The second kappa shape index (κ2) is 3.89. The lowest BCUT2D eigenvalue weighted by Gasteiger charge is -2.42. The van der Waals surface area contributed by atoms with Gasteiger partial charge < -0.3 is 14.7 Å². The van der Waals surface area contributed by atoms with Crippen LogP contribution >= 0.6 is 0 Å². The maximum absolute atomic E-state index is 9.49. The van der Waals surface area contributed by atoms with Crippen molar-refractivity contribution >= 4 is 5.69 Å². The molecule has 1 aromatic rings. The average molecular weight is 221 g/mol. The predicted molar refractivity (Wildman–Crippen MR) is 65.3 cm³/mol. The number of phenolic OH excluding ortho intramolecular Hbond substituents is 1. The van der Waals surface area contributed by atoms with E-state index in [4.69, 9.17) is 4.74 Å². The number of benzene rings is 1. The summed E-state index contributed by atoms with van der Waals surface area (Å²) in [6.45, 7) is 5.19. The number of aromatic hydroxyl groups is 1. The molecule has 3 heteroatoms. The van der Waals surface area contributed by atoms with Crippen LogP contribution in [0.3, 0.4) is 0 Å². The fourth-order valence-corrected chi connectivity index (χ4v) is 2.30. The van der Waals surface area contributed by atoms with Gasteiger partial charge in [0.25, 0.3) is 0 Å². The first-order valence-corrected chi connectivity index (χ1v) is 5.83. The highest BCUT2D eigenvalue weighted by Crippen LogP contribution is 2.40. The number of rotatable bonds is 2. The molecule has 3 nitrogen and oxygen atoms in total. The molecule has 0 saturated heterocycles. The summed E-state index contributed by atoms with van der Waals surface area (Å²) in [5.74, 6) is 1.05. The van der Waals surface area contributed by atoms with Gasteiger partial charge in [-0.05, 0) is 25.0 Å². The fraction of sp³-hybridized carbons (Fsp3) is 0.538. The molecule has 16 heavy (non-hydrogen) atoms. The Morgan fingerprint density at radius 2 is 2.06 bits per heavy atom. The van der Waals surface area contributed by atoms with E-state index in [2.05, 4.69) is 25.8 Å². The lowest BCUT2D eigenvalue weighted by molar-refractivity contribution is 0.0589. The van der Waals surface area contributed by atoms with Crippen LogP contribution in [0, 0.1) is 0 Å². The number of hydrogen-bond donors (Lipinski definition) is 1. The van der Waals surface area contributed by atoms with Crippen molar-refractivity contribution in [3.8, 4) is 11.5 Å². The van der Waals surface area contributed by atoms with Crippen molar-refractivity contribution < 1.29 is 9.84 Å². The van der Waals surface area contributed by atoms with E-state index < -0.39 is 0 Å². The topological polar surface area (TPSA) is 32.7 Å².